The third-order valence-corrected chi connectivity index (χ3v) is 4.87. The molecule has 1 aliphatic heterocycles. The van der Waals surface area contributed by atoms with Gasteiger partial charge in [-0.3, -0.25) is 19.3 Å². The van der Waals surface area contributed by atoms with Crippen molar-refractivity contribution in [2.75, 3.05) is 35.7 Å². The quantitative estimate of drug-likeness (QED) is 0.817. The third kappa shape index (κ3) is 5.00. The van der Waals surface area contributed by atoms with E-state index in [0.717, 1.165) is 11.3 Å². The molecule has 0 spiro atoms. The Hall–Kier alpha value is -3.19. The predicted molar refractivity (Wildman–Crippen MR) is 114 cm³/mol. The lowest BCUT2D eigenvalue weighted by Crippen LogP contribution is -2.45. The van der Waals surface area contributed by atoms with Gasteiger partial charge in [0.2, 0.25) is 17.7 Å². The number of aryl methyl sites for hydroxylation is 1. The summed E-state index contributed by atoms with van der Waals surface area (Å²) >= 11 is 0. The summed E-state index contributed by atoms with van der Waals surface area (Å²) < 4.78 is 0. The van der Waals surface area contributed by atoms with E-state index in [1.54, 1.807) is 22.9 Å². The van der Waals surface area contributed by atoms with Crippen molar-refractivity contribution in [3.63, 3.8) is 0 Å². The van der Waals surface area contributed by atoms with Crippen molar-refractivity contribution in [3.05, 3.63) is 54.1 Å². The van der Waals surface area contributed by atoms with Crippen molar-refractivity contribution in [1.82, 2.24) is 4.90 Å². The SMILES string of the molecule is Cc1ccccc1NC(=O)CN(C)CC(=O)N1c2ccccc2NC(=O)C[C@@H]1C. The van der Waals surface area contributed by atoms with Gasteiger partial charge in [-0.2, -0.15) is 0 Å². The van der Waals surface area contributed by atoms with Crippen LogP contribution in [0.1, 0.15) is 18.9 Å². The number of anilines is 3. The highest BCUT2D eigenvalue weighted by Gasteiger charge is 2.30. The normalized spacial score (nSPS) is 16.1. The highest BCUT2D eigenvalue weighted by Crippen LogP contribution is 2.31. The van der Waals surface area contributed by atoms with Crippen LogP contribution in [0.2, 0.25) is 0 Å². The first-order valence-electron chi connectivity index (χ1n) is 9.60. The molecule has 0 aromatic heterocycles. The number of hydrogen-bond donors (Lipinski definition) is 2. The van der Waals surface area contributed by atoms with Gasteiger partial charge in [0.05, 0.1) is 24.5 Å². The molecule has 0 radical (unpaired) electrons. The zero-order valence-electron chi connectivity index (χ0n) is 16.9. The van der Waals surface area contributed by atoms with Crippen molar-refractivity contribution in [2.24, 2.45) is 0 Å². The first-order chi connectivity index (χ1) is 13.8. The number of nitrogens with zero attached hydrogens (tertiary/aromatic N) is 2. The smallest absolute Gasteiger partial charge is 0.241 e. The van der Waals surface area contributed by atoms with Crippen LogP contribution >= 0.6 is 0 Å². The highest BCUT2D eigenvalue weighted by atomic mass is 16.2. The van der Waals surface area contributed by atoms with Gasteiger partial charge >= 0.3 is 0 Å². The van der Waals surface area contributed by atoms with Crippen LogP contribution in [0, 0.1) is 6.92 Å². The fraction of sp³-hybridized carbons (Fsp3) is 0.318. The van der Waals surface area contributed by atoms with Crippen LogP contribution in [0.15, 0.2) is 48.5 Å². The Kier molecular flexibility index (Phi) is 6.29. The second-order valence-corrected chi connectivity index (χ2v) is 7.42. The highest BCUT2D eigenvalue weighted by molar-refractivity contribution is 6.05. The van der Waals surface area contributed by atoms with Crippen LogP contribution in [0.5, 0.6) is 0 Å². The van der Waals surface area contributed by atoms with Gasteiger partial charge in [-0.25, -0.2) is 0 Å². The molecule has 0 bridgehead atoms. The molecule has 1 heterocycles. The van der Waals surface area contributed by atoms with Crippen LogP contribution in [-0.2, 0) is 14.4 Å². The van der Waals surface area contributed by atoms with E-state index in [1.807, 2.05) is 56.3 Å². The molecular formula is C22H26N4O3. The summed E-state index contributed by atoms with van der Waals surface area (Å²) in [6.07, 6.45) is 0.220. The minimum absolute atomic E-state index is 0.0635. The van der Waals surface area contributed by atoms with E-state index in [0.29, 0.717) is 11.4 Å². The number of carbonyl (C=O) groups is 3. The molecule has 3 rings (SSSR count). The summed E-state index contributed by atoms with van der Waals surface area (Å²) in [5, 5.41) is 5.72. The molecule has 1 atom stereocenters. The van der Waals surface area contributed by atoms with Crippen molar-refractivity contribution < 1.29 is 14.4 Å². The van der Waals surface area contributed by atoms with E-state index in [2.05, 4.69) is 10.6 Å². The molecule has 7 nitrogen and oxygen atoms in total. The number of rotatable bonds is 5. The molecule has 2 N–H and O–H groups in total. The summed E-state index contributed by atoms with van der Waals surface area (Å²) in [5.74, 6) is -0.463. The molecule has 7 heteroatoms. The second-order valence-electron chi connectivity index (χ2n) is 7.42. The van der Waals surface area contributed by atoms with E-state index in [1.165, 1.54) is 0 Å². The van der Waals surface area contributed by atoms with Gasteiger partial charge in [0.15, 0.2) is 0 Å². The molecule has 0 fully saturated rings. The van der Waals surface area contributed by atoms with E-state index < -0.39 is 0 Å². The van der Waals surface area contributed by atoms with Crippen molar-refractivity contribution in [1.29, 1.82) is 0 Å². The molecule has 2 aromatic rings. The lowest BCUT2D eigenvalue weighted by atomic mass is 10.1. The molecule has 1 aliphatic rings. The molecule has 152 valence electrons. The van der Waals surface area contributed by atoms with Gasteiger partial charge in [0.25, 0.3) is 0 Å². The summed E-state index contributed by atoms with van der Waals surface area (Å²) in [6.45, 7) is 3.93. The van der Waals surface area contributed by atoms with E-state index in [-0.39, 0.29) is 43.3 Å². The molecule has 2 aromatic carbocycles. The number of carbonyl (C=O) groups excluding carboxylic acids is 3. The average molecular weight is 394 g/mol. The molecule has 3 amide bonds. The zero-order chi connectivity index (χ0) is 21.0. The fourth-order valence-corrected chi connectivity index (χ4v) is 3.48. The Morgan fingerprint density at radius 3 is 2.59 bits per heavy atom. The molecule has 0 saturated heterocycles. The number of fused-ring (bicyclic) bond motifs is 1. The van der Waals surface area contributed by atoms with Gasteiger partial charge in [0.1, 0.15) is 0 Å². The molecule has 29 heavy (non-hydrogen) atoms. The Labute approximate surface area is 170 Å². The molecule has 0 saturated carbocycles. The Bertz CT molecular complexity index is 928. The van der Waals surface area contributed by atoms with Gasteiger partial charge in [-0.1, -0.05) is 30.3 Å². The predicted octanol–water partition coefficient (Wildman–Crippen LogP) is 2.63. The standard InChI is InChI=1S/C22H26N4O3/c1-15-8-4-5-9-17(15)23-21(28)13-25(3)14-22(29)26-16(2)12-20(27)24-18-10-6-7-11-19(18)26/h4-11,16H,12-14H2,1-3H3,(H,23,28)(H,24,27)/t16-/m0/s1. The van der Waals surface area contributed by atoms with E-state index in [9.17, 15) is 14.4 Å². The summed E-state index contributed by atoms with van der Waals surface area (Å²) in [6, 6.07) is 14.5. The number of para-hydroxylation sites is 3. The summed E-state index contributed by atoms with van der Waals surface area (Å²) in [4.78, 5) is 40.8. The van der Waals surface area contributed by atoms with Gasteiger partial charge in [-0.15, -0.1) is 0 Å². The number of likely N-dealkylation sites (N-methyl/N-ethyl adjacent to an activating group) is 1. The maximum Gasteiger partial charge on any atom is 0.241 e. The topological polar surface area (TPSA) is 81.8 Å². The molecule has 0 aliphatic carbocycles. The third-order valence-electron chi connectivity index (χ3n) is 4.87. The lowest BCUT2D eigenvalue weighted by Gasteiger charge is -2.29. The van der Waals surface area contributed by atoms with Crippen LogP contribution in [-0.4, -0.2) is 48.8 Å². The number of benzene rings is 2. The van der Waals surface area contributed by atoms with Crippen molar-refractivity contribution in [2.45, 2.75) is 26.3 Å². The lowest BCUT2D eigenvalue weighted by molar-refractivity contribution is -0.121. The summed E-state index contributed by atoms with van der Waals surface area (Å²) in [7, 11) is 1.73. The van der Waals surface area contributed by atoms with Crippen molar-refractivity contribution in [3.8, 4) is 0 Å². The maximum atomic E-state index is 13.0. The maximum absolute atomic E-state index is 13.0. The van der Waals surface area contributed by atoms with Gasteiger partial charge in [0, 0.05) is 18.2 Å². The monoisotopic (exact) mass is 394 g/mol. The van der Waals surface area contributed by atoms with Crippen LogP contribution in [0.25, 0.3) is 0 Å². The van der Waals surface area contributed by atoms with Crippen LogP contribution in [0.4, 0.5) is 17.1 Å². The second kappa shape index (κ2) is 8.87. The van der Waals surface area contributed by atoms with Crippen molar-refractivity contribution >= 4 is 34.8 Å². The molecular weight excluding hydrogens is 368 g/mol. The van der Waals surface area contributed by atoms with Gasteiger partial charge in [-0.05, 0) is 44.7 Å². The van der Waals surface area contributed by atoms with E-state index >= 15 is 0 Å². The number of amides is 3. The zero-order valence-corrected chi connectivity index (χ0v) is 16.9. The van der Waals surface area contributed by atoms with Crippen LogP contribution in [0.3, 0.4) is 0 Å². The van der Waals surface area contributed by atoms with E-state index in [4.69, 9.17) is 0 Å². The first kappa shape index (κ1) is 20.5. The van der Waals surface area contributed by atoms with Crippen LogP contribution < -0.4 is 15.5 Å². The number of hydrogen-bond acceptors (Lipinski definition) is 4. The largest absolute Gasteiger partial charge is 0.325 e. The van der Waals surface area contributed by atoms with Gasteiger partial charge < -0.3 is 15.5 Å². The molecule has 0 unspecified atom stereocenters. The minimum Gasteiger partial charge on any atom is -0.325 e. The average Bonchev–Trinajstić information content (AvgIpc) is 2.77. The number of nitrogens with one attached hydrogen (secondary N) is 2. The Morgan fingerprint density at radius 2 is 1.83 bits per heavy atom. The Balaban J connectivity index is 1.66. The Morgan fingerprint density at radius 1 is 1.14 bits per heavy atom. The minimum atomic E-state index is -0.277. The first-order valence-corrected chi connectivity index (χ1v) is 9.60. The fourth-order valence-electron chi connectivity index (χ4n) is 3.48. The summed E-state index contributed by atoms with van der Waals surface area (Å²) in [5.41, 5.74) is 3.03.